The number of nitrogens with one attached hydrogen (secondary N) is 1. The van der Waals surface area contributed by atoms with Gasteiger partial charge in [-0.05, 0) is 75.1 Å². The maximum atomic E-state index is 12.9. The Morgan fingerprint density at radius 2 is 1.55 bits per heavy atom. The standard InChI is InChI=1S/C21H26Cl2N2O3S/c1-12-9-14(3)18(10-13(12)2)15(4)24-21(26)16(5)25(29(6,27)28)17-7-8-19(22)20(23)11-17/h7-11,15-16H,1-6H3,(H,24,26)/t15-,16-/m1/s1. The average molecular weight is 457 g/mol. The molecule has 2 rings (SSSR count). The summed E-state index contributed by atoms with van der Waals surface area (Å²) < 4.78 is 25.9. The molecule has 0 saturated heterocycles. The molecule has 0 saturated carbocycles. The van der Waals surface area contributed by atoms with Crippen molar-refractivity contribution in [2.24, 2.45) is 0 Å². The summed E-state index contributed by atoms with van der Waals surface area (Å²) in [5.74, 6) is -0.411. The highest BCUT2D eigenvalue weighted by Crippen LogP contribution is 2.30. The highest BCUT2D eigenvalue weighted by atomic mass is 35.5. The zero-order valence-corrected chi connectivity index (χ0v) is 19.7. The molecule has 2 aromatic rings. The average Bonchev–Trinajstić information content (AvgIpc) is 2.59. The van der Waals surface area contributed by atoms with E-state index in [2.05, 4.69) is 11.4 Å². The largest absolute Gasteiger partial charge is 0.348 e. The van der Waals surface area contributed by atoms with Crippen LogP contribution >= 0.6 is 23.2 Å². The summed E-state index contributed by atoms with van der Waals surface area (Å²) in [6, 6.07) is 7.34. The molecule has 0 aliphatic carbocycles. The molecule has 2 atom stereocenters. The normalized spacial score (nSPS) is 13.7. The number of carbonyl (C=O) groups is 1. The van der Waals surface area contributed by atoms with E-state index >= 15 is 0 Å². The maximum absolute atomic E-state index is 12.9. The van der Waals surface area contributed by atoms with Gasteiger partial charge in [-0.2, -0.15) is 0 Å². The number of rotatable bonds is 6. The number of sulfonamides is 1. The second kappa shape index (κ2) is 8.94. The van der Waals surface area contributed by atoms with Gasteiger partial charge in [-0.1, -0.05) is 35.3 Å². The first-order valence-corrected chi connectivity index (χ1v) is 11.8. The van der Waals surface area contributed by atoms with E-state index < -0.39 is 22.0 Å². The van der Waals surface area contributed by atoms with E-state index in [0.717, 1.165) is 27.3 Å². The SMILES string of the molecule is Cc1cc(C)c([C@@H](C)NC(=O)[C@@H](C)N(c2ccc(Cl)c(Cl)c2)S(C)(=O)=O)cc1C. The second-order valence-corrected chi connectivity index (χ2v) is 10.0. The number of nitrogens with zero attached hydrogens (tertiary/aromatic N) is 1. The van der Waals surface area contributed by atoms with Gasteiger partial charge in [0.2, 0.25) is 15.9 Å². The Hall–Kier alpha value is -1.76. The second-order valence-electron chi connectivity index (χ2n) is 7.36. The number of hydrogen-bond acceptors (Lipinski definition) is 3. The first-order valence-electron chi connectivity index (χ1n) is 9.15. The molecule has 1 N–H and O–H groups in total. The predicted molar refractivity (Wildman–Crippen MR) is 120 cm³/mol. The van der Waals surface area contributed by atoms with E-state index in [-0.39, 0.29) is 16.8 Å². The van der Waals surface area contributed by atoms with Crippen LogP contribution in [0.25, 0.3) is 0 Å². The minimum atomic E-state index is -3.74. The summed E-state index contributed by atoms with van der Waals surface area (Å²) in [5, 5.41) is 3.45. The van der Waals surface area contributed by atoms with Gasteiger partial charge in [0.05, 0.1) is 28.0 Å². The molecule has 8 heteroatoms. The van der Waals surface area contributed by atoms with Crippen molar-refractivity contribution in [3.05, 3.63) is 62.6 Å². The van der Waals surface area contributed by atoms with Gasteiger partial charge in [-0.3, -0.25) is 9.10 Å². The lowest BCUT2D eigenvalue weighted by Gasteiger charge is -2.30. The molecule has 29 heavy (non-hydrogen) atoms. The molecule has 0 heterocycles. The van der Waals surface area contributed by atoms with E-state index in [0.29, 0.717) is 5.02 Å². The molecule has 0 bridgehead atoms. The Labute approximate surface area is 183 Å². The topological polar surface area (TPSA) is 66.5 Å². The summed E-state index contributed by atoms with van der Waals surface area (Å²) in [4.78, 5) is 12.9. The van der Waals surface area contributed by atoms with Crippen LogP contribution in [0.15, 0.2) is 30.3 Å². The van der Waals surface area contributed by atoms with Gasteiger partial charge in [-0.15, -0.1) is 0 Å². The van der Waals surface area contributed by atoms with Crippen LogP contribution in [0.3, 0.4) is 0 Å². The first kappa shape index (κ1) is 23.5. The molecule has 0 radical (unpaired) electrons. The molecule has 1 amide bonds. The lowest BCUT2D eigenvalue weighted by atomic mass is 9.96. The predicted octanol–water partition coefficient (Wildman–Crippen LogP) is 4.95. The number of benzene rings is 2. The van der Waals surface area contributed by atoms with E-state index in [1.165, 1.54) is 23.8 Å². The van der Waals surface area contributed by atoms with Crippen molar-refractivity contribution < 1.29 is 13.2 Å². The fraction of sp³-hybridized carbons (Fsp3) is 0.381. The van der Waals surface area contributed by atoms with Gasteiger partial charge in [0, 0.05) is 0 Å². The van der Waals surface area contributed by atoms with Crippen molar-refractivity contribution in [3.8, 4) is 0 Å². The highest BCUT2D eigenvalue weighted by molar-refractivity contribution is 7.92. The molecule has 0 aliphatic heterocycles. The van der Waals surface area contributed by atoms with Crippen LogP contribution < -0.4 is 9.62 Å². The number of halogens is 2. The zero-order chi connectivity index (χ0) is 22.1. The van der Waals surface area contributed by atoms with Crippen LogP contribution in [0.1, 0.15) is 42.1 Å². The molecular formula is C21H26Cl2N2O3S. The molecule has 0 aromatic heterocycles. The van der Waals surface area contributed by atoms with Crippen molar-refractivity contribution in [2.75, 3.05) is 10.6 Å². The van der Waals surface area contributed by atoms with Crippen LogP contribution in [0.5, 0.6) is 0 Å². The van der Waals surface area contributed by atoms with E-state index in [1.54, 1.807) is 6.92 Å². The third-order valence-corrected chi connectivity index (χ3v) is 6.93. The van der Waals surface area contributed by atoms with Crippen LogP contribution in [0.4, 0.5) is 5.69 Å². The summed E-state index contributed by atoms with van der Waals surface area (Å²) in [6.45, 7) is 9.47. The van der Waals surface area contributed by atoms with Crippen LogP contribution in [-0.2, 0) is 14.8 Å². The summed E-state index contributed by atoms with van der Waals surface area (Å²) in [6.07, 6.45) is 1.05. The molecule has 0 fully saturated rings. The first-order chi connectivity index (χ1) is 13.3. The number of amides is 1. The van der Waals surface area contributed by atoms with Gasteiger partial charge in [0.1, 0.15) is 6.04 Å². The van der Waals surface area contributed by atoms with Crippen LogP contribution in [0, 0.1) is 20.8 Å². The van der Waals surface area contributed by atoms with Crippen molar-refractivity contribution in [2.45, 2.75) is 46.7 Å². The van der Waals surface area contributed by atoms with Crippen molar-refractivity contribution >= 4 is 44.8 Å². The number of aryl methyl sites for hydroxylation is 3. The minimum absolute atomic E-state index is 0.213. The zero-order valence-electron chi connectivity index (χ0n) is 17.4. The van der Waals surface area contributed by atoms with Gasteiger partial charge < -0.3 is 5.32 Å². The van der Waals surface area contributed by atoms with E-state index in [1.807, 2.05) is 33.8 Å². The van der Waals surface area contributed by atoms with Crippen molar-refractivity contribution in [1.29, 1.82) is 0 Å². The molecule has 0 spiro atoms. The Morgan fingerprint density at radius 1 is 0.966 bits per heavy atom. The lowest BCUT2D eigenvalue weighted by molar-refractivity contribution is -0.122. The van der Waals surface area contributed by atoms with Gasteiger partial charge in [0.15, 0.2) is 0 Å². The smallest absolute Gasteiger partial charge is 0.244 e. The number of hydrogen-bond donors (Lipinski definition) is 1. The van der Waals surface area contributed by atoms with Crippen LogP contribution in [0.2, 0.25) is 10.0 Å². The molecular weight excluding hydrogens is 431 g/mol. The number of carbonyl (C=O) groups excluding carboxylic acids is 1. The van der Waals surface area contributed by atoms with Crippen molar-refractivity contribution in [1.82, 2.24) is 5.32 Å². The Bertz CT molecular complexity index is 1040. The quantitative estimate of drug-likeness (QED) is 0.668. The molecule has 0 unspecified atom stereocenters. The van der Waals surface area contributed by atoms with Gasteiger partial charge >= 0.3 is 0 Å². The third-order valence-electron chi connectivity index (χ3n) is 4.95. The maximum Gasteiger partial charge on any atom is 0.244 e. The lowest BCUT2D eigenvalue weighted by Crippen LogP contribution is -2.48. The van der Waals surface area contributed by atoms with E-state index in [4.69, 9.17) is 23.2 Å². The van der Waals surface area contributed by atoms with Gasteiger partial charge in [0.25, 0.3) is 0 Å². The van der Waals surface area contributed by atoms with Gasteiger partial charge in [-0.25, -0.2) is 8.42 Å². The number of anilines is 1. The Kier molecular flexibility index (Phi) is 7.25. The Morgan fingerprint density at radius 3 is 2.10 bits per heavy atom. The minimum Gasteiger partial charge on any atom is -0.348 e. The Balaban J connectivity index is 2.32. The molecule has 5 nitrogen and oxygen atoms in total. The molecule has 2 aromatic carbocycles. The van der Waals surface area contributed by atoms with Crippen molar-refractivity contribution in [3.63, 3.8) is 0 Å². The molecule has 158 valence electrons. The summed E-state index contributed by atoms with van der Waals surface area (Å²) in [5.41, 5.74) is 4.65. The monoisotopic (exact) mass is 456 g/mol. The van der Waals surface area contributed by atoms with Crippen LogP contribution in [-0.4, -0.2) is 26.6 Å². The summed E-state index contributed by atoms with van der Waals surface area (Å²) in [7, 11) is -3.74. The van der Waals surface area contributed by atoms with E-state index in [9.17, 15) is 13.2 Å². The fourth-order valence-electron chi connectivity index (χ4n) is 3.29. The fourth-order valence-corrected chi connectivity index (χ4v) is 4.75. The summed E-state index contributed by atoms with van der Waals surface area (Å²) >= 11 is 12.0. The third kappa shape index (κ3) is 5.44. The highest BCUT2D eigenvalue weighted by Gasteiger charge is 2.30. The molecule has 0 aliphatic rings.